The predicted molar refractivity (Wildman–Crippen MR) is 211 cm³/mol. The van der Waals surface area contributed by atoms with Crippen LogP contribution in [0.15, 0.2) is 79.0 Å². The van der Waals surface area contributed by atoms with Crippen LogP contribution in [0.1, 0.15) is 93.1 Å². The molecule has 52 heavy (non-hydrogen) atoms. The van der Waals surface area contributed by atoms with Gasteiger partial charge in [0.05, 0.1) is 11.4 Å². The first kappa shape index (κ1) is 37.3. The van der Waals surface area contributed by atoms with Crippen LogP contribution in [0.4, 0.5) is 0 Å². The Hall–Kier alpha value is -4.50. The van der Waals surface area contributed by atoms with Gasteiger partial charge in [0.2, 0.25) is 0 Å². The van der Waals surface area contributed by atoms with Crippen LogP contribution in [0.5, 0.6) is 11.5 Å². The number of pyridine rings is 1. The predicted octanol–water partition coefficient (Wildman–Crippen LogP) is 12.0. The third kappa shape index (κ3) is 6.87. The number of hydrogen-bond acceptors (Lipinski definition) is 3. The minimum absolute atomic E-state index is 0. The number of aryl methyl sites for hydroxylation is 5. The Kier molecular flexibility index (Phi) is 10.4. The summed E-state index contributed by atoms with van der Waals surface area (Å²) in [6.07, 6.45) is 3.99. The number of fused-ring (bicyclic) bond motifs is 3. The average molecular weight is 779 g/mol. The maximum Gasteiger partial charge on any atom is 2.00 e. The molecule has 0 saturated heterocycles. The summed E-state index contributed by atoms with van der Waals surface area (Å²) in [5.41, 5.74) is 13.6. The number of aromatic nitrogens is 4. The van der Waals surface area contributed by atoms with Gasteiger partial charge in [-0.05, 0) is 97.0 Å². The van der Waals surface area contributed by atoms with Crippen LogP contribution in [0.3, 0.4) is 0 Å². The van der Waals surface area contributed by atoms with Crippen molar-refractivity contribution in [3.05, 3.63) is 130 Å². The number of nitrogens with zero attached hydrogens (tertiary/aromatic N) is 4. The van der Waals surface area contributed by atoms with Gasteiger partial charge in [-0.25, -0.2) is 4.98 Å². The van der Waals surface area contributed by atoms with Crippen molar-refractivity contribution in [3.8, 4) is 34.1 Å². The number of ether oxygens (including phenoxy) is 1. The normalized spacial score (nSPS) is 11.8. The Balaban J connectivity index is 0.00000464. The van der Waals surface area contributed by atoms with E-state index in [1.54, 1.807) is 0 Å². The molecule has 5 nitrogen and oxygen atoms in total. The van der Waals surface area contributed by atoms with Crippen LogP contribution in [-0.2, 0) is 32.3 Å². The molecule has 0 N–H and O–H groups in total. The number of para-hydroxylation sites is 1. The summed E-state index contributed by atoms with van der Waals surface area (Å²) in [6, 6.07) is 33.0. The van der Waals surface area contributed by atoms with Crippen molar-refractivity contribution >= 4 is 21.8 Å². The first-order valence-corrected chi connectivity index (χ1v) is 18.2. The van der Waals surface area contributed by atoms with Crippen molar-refractivity contribution in [1.29, 1.82) is 0 Å². The third-order valence-corrected chi connectivity index (χ3v) is 9.85. The Labute approximate surface area is 322 Å². The SMILES string of the molecule is CCCc1ccnc(-n2c3[c-]c(Oc4[c-]c(-n5nc(C)c(-c6c(C)cc(C)cc6C)c5C(C)C)cc(C(C)(C)C)c4)ccc3c3ccccc32)c1.[Pd+2]. The molecular weight excluding hydrogens is 731 g/mol. The fourth-order valence-electron chi connectivity index (χ4n) is 7.59. The summed E-state index contributed by atoms with van der Waals surface area (Å²) in [4.78, 5) is 4.82. The Morgan fingerprint density at radius 2 is 1.54 bits per heavy atom. The van der Waals surface area contributed by atoms with Gasteiger partial charge in [0.25, 0.3) is 0 Å². The molecule has 3 aromatic heterocycles. The van der Waals surface area contributed by atoms with Crippen LogP contribution in [0, 0.1) is 39.8 Å². The van der Waals surface area contributed by atoms with Crippen LogP contribution in [-0.4, -0.2) is 19.3 Å². The Morgan fingerprint density at radius 3 is 2.23 bits per heavy atom. The van der Waals surface area contributed by atoms with Crippen LogP contribution < -0.4 is 4.74 Å². The molecule has 6 heteroatoms. The smallest absolute Gasteiger partial charge is 0.509 e. The maximum absolute atomic E-state index is 6.72. The first-order chi connectivity index (χ1) is 24.3. The average Bonchev–Trinajstić information content (AvgIpc) is 3.58. The molecule has 0 aliphatic carbocycles. The van der Waals surface area contributed by atoms with Crippen molar-refractivity contribution in [1.82, 2.24) is 19.3 Å². The molecule has 7 aromatic rings. The molecule has 0 radical (unpaired) electrons. The van der Waals surface area contributed by atoms with Gasteiger partial charge in [0.15, 0.2) is 0 Å². The van der Waals surface area contributed by atoms with E-state index in [4.69, 9.17) is 14.8 Å². The zero-order valence-corrected chi connectivity index (χ0v) is 33.6. The fourth-order valence-corrected chi connectivity index (χ4v) is 7.59. The minimum Gasteiger partial charge on any atom is -0.509 e. The molecule has 0 atom stereocenters. The van der Waals surface area contributed by atoms with Crippen molar-refractivity contribution in [2.75, 3.05) is 0 Å². The van der Waals surface area contributed by atoms with Crippen molar-refractivity contribution in [3.63, 3.8) is 0 Å². The summed E-state index contributed by atoms with van der Waals surface area (Å²) in [5.74, 6) is 2.36. The van der Waals surface area contributed by atoms with Gasteiger partial charge in [-0.3, -0.25) is 4.68 Å². The van der Waals surface area contributed by atoms with Gasteiger partial charge < -0.3 is 9.30 Å². The molecule has 0 unspecified atom stereocenters. The molecule has 4 aromatic carbocycles. The Morgan fingerprint density at radius 1 is 0.808 bits per heavy atom. The van der Waals surface area contributed by atoms with Crippen molar-refractivity contribution in [2.45, 2.75) is 93.4 Å². The first-order valence-electron chi connectivity index (χ1n) is 18.2. The van der Waals surface area contributed by atoms with E-state index in [1.165, 1.54) is 39.1 Å². The number of rotatable bonds is 8. The zero-order chi connectivity index (χ0) is 36.2. The standard InChI is InChI=1S/C46H48N4O.Pd/c1-11-14-33-19-20-47-42(23-33)49-40-16-13-12-15-38(40)39-18-17-36(27-41(39)49)51-37-25-34(46(8,9)10)24-35(26-37)50-45(28(2)3)44(32(7)48-50)43-30(5)21-29(4)22-31(43)6;/h12-13,15-25,28H,11,14H2,1-10H3;/q-2;+2. The van der Waals surface area contributed by atoms with Gasteiger partial charge in [-0.2, -0.15) is 11.2 Å². The van der Waals surface area contributed by atoms with E-state index in [0.717, 1.165) is 57.4 Å². The second kappa shape index (κ2) is 14.5. The van der Waals surface area contributed by atoms with E-state index in [-0.39, 0.29) is 31.8 Å². The summed E-state index contributed by atoms with van der Waals surface area (Å²) in [6.45, 7) is 22.1. The van der Waals surface area contributed by atoms with Crippen molar-refractivity contribution < 1.29 is 25.2 Å². The molecule has 0 amide bonds. The molecule has 268 valence electrons. The summed E-state index contributed by atoms with van der Waals surface area (Å²) >= 11 is 0. The van der Waals surface area contributed by atoms with Gasteiger partial charge >= 0.3 is 20.4 Å². The zero-order valence-electron chi connectivity index (χ0n) is 32.0. The molecular formula is C46H48N4OPd. The van der Waals surface area contributed by atoms with E-state index >= 15 is 0 Å². The molecule has 0 spiro atoms. The molecule has 0 fully saturated rings. The van der Waals surface area contributed by atoms with Crippen LogP contribution in [0.2, 0.25) is 0 Å². The third-order valence-electron chi connectivity index (χ3n) is 9.85. The van der Waals surface area contributed by atoms with Gasteiger partial charge in [0.1, 0.15) is 5.82 Å². The Bertz CT molecular complexity index is 2400. The number of benzene rings is 4. The maximum atomic E-state index is 6.72. The van der Waals surface area contributed by atoms with Gasteiger partial charge in [-0.15, -0.1) is 41.3 Å². The summed E-state index contributed by atoms with van der Waals surface area (Å²) in [5, 5.41) is 7.46. The molecule has 0 saturated carbocycles. The molecule has 0 bridgehead atoms. The van der Waals surface area contributed by atoms with E-state index < -0.39 is 0 Å². The minimum atomic E-state index is -0.135. The largest absolute Gasteiger partial charge is 2.00 e. The topological polar surface area (TPSA) is 44.9 Å². The molecule has 0 aliphatic rings. The van der Waals surface area contributed by atoms with E-state index in [2.05, 4.69) is 157 Å². The molecule has 7 rings (SSSR count). The molecule has 3 heterocycles. The van der Waals surface area contributed by atoms with E-state index in [9.17, 15) is 0 Å². The second-order valence-corrected chi connectivity index (χ2v) is 15.4. The molecule has 0 aliphatic heterocycles. The number of hydrogen-bond donors (Lipinski definition) is 0. The van der Waals surface area contributed by atoms with Crippen LogP contribution >= 0.6 is 0 Å². The summed E-state index contributed by atoms with van der Waals surface area (Å²) < 4.78 is 11.0. The monoisotopic (exact) mass is 778 g/mol. The fraction of sp³-hybridized carbons (Fsp3) is 0.304. The van der Waals surface area contributed by atoms with E-state index in [1.807, 2.05) is 12.3 Å². The van der Waals surface area contributed by atoms with Gasteiger partial charge in [-0.1, -0.05) is 89.4 Å². The summed E-state index contributed by atoms with van der Waals surface area (Å²) in [7, 11) is 0. The quantitative estimate of drug-likeness (QED) is 0.114. The van der Waals surface area contributed by atoms with Crippen molar-refractivity contribution in [2.24, 2.45) is 0 Å². The second-order valence-electron chi connectivity index (χ2n) is 15.4. The van der Waals surface area contributed by atoms with Crippen LogP contribution in [0.25, 0.3) is 44.4 Å². The van der Waals surface area contributed by atoms with E-state index in [0.29, 0.717) is 11.5 Å². The van der Waals surface area contributed by atoms with Gasteiger partial charge in [0, 0.05) is 28.8 Å².